The van der Waals surface area contributed by atoms with Crippen LogP contribution in [-0.4, -0.2) is 12.0 Å². The maximum atomic E-state index is 12.5. The zero-order chi connectivity index (χ0) is 16.9. The number of hydrogen-bond donors (Lipinski definition) is 1. The molecule has 24 heavy (non-hydrogen) atoms. The number of nitrogens with one attached hydrogen (secondary N) is 1. The molecule has 0 aromatic heterocycles. The fourth-order valence-electron chi connectivity index (χ4n) is 2.53. The average Bonchev–Trinajstić information content (AvgIpc) is 2.61. The predicted molar refractivity (Wildman–Crippen MR) is 106 cm³/mol. The Morgan fingerprint density at radius 1 is 1.04 bits per heavy atom. The van der Waals surface area contributed by atoms with Crippen molar-refractivity contribution in [1.82, 2.24) is 0 Å². The normalized spacial score (nSPS) is 11.9. The first-order valence-corrected chi connectivity index (χ1v) is 8.96. The standard InChI is InChI=1S/C20H18INO2/c1-2-18(20(23)22-16-12-10-15(21)11-13-16)24-19-9-5-7-14-6-3-4-8-17(14)19/h3-13,18H,2H2,1H3,(H,22,23). The Hall–Kier alpha value is -2.08. The first-order chi connectivity index (χ1) is 11.7. The van der Waals surface area contributed by atoms with E-state index in [0.29, 0.717) is 6.42 Å². The van der Waals surface area contributed by atoms with Gasteiger partial charge in [0.05, 0.1) is 0 Å². The summed E-state index contributed by atoms with van der Waals surface area (Å²) in [4.78, 5) is 12.5. The highest BCUT2D eigenvalue weighted by atomic mass is 127. The van der Waals surface area contributed by atoms with Crippen molar-refractivity contribution >= 4 is 45.0 Å². The second-order valence-corrected chi connectivity index (χ2v) is 6.73. The third kappa shape index (κ3) is 3.87. The maximum Gasteiger partial charge on any atom is 0.265 e. The minimum absolute atomic E-state index is 0.133. The molecule has 3 aromatic carbocycles. The molecule has 0 heterocycles. The van der Waals surface area contributed by atoms with Gasteiger partial charge in [0, 0.05) is 14.6 Å². The molecule has 1 amide bonds. The third-order valence-electron chi connectivity index (χ3n) is 3.79. The molecule has 3 nitrogen and oxygen atoms in total. The number of benzene rings is 3. The van der Waals surface area contributed by atoms with E-state index in [1.165, 1.54) is 0 Å². The van der Waals surface area contributed by atoms with Crippen molar-refractivity contribution in [3.05, 3.63) is 70.3 Å². The lowest BCUT2D eigenvalue weighted by Gasteiger charge is -2.18. The number of anilines is 1. The Kier molecular flexibility index (Phi) is 5.35. The minimum Gasteiger partial charge on any atom is -0.480 e. The summed E-state index contributed by atoms with van der Waals surface area (Å²) >= 11 is 2.24. The second kappa shape index (κ2) is 7.66. The van der Waals surface area contributed by atoms with E-state index < -0.39 is 6.10 Å². The summed E-state index contributed by atoms with van der Waals surface area (Å²) in [7, 11) is 0. The molecule has 0 spiro atoms. The van der Waals surface area contributed by atoms with Gasteiger partial charge in [-0.1, -0.05) is 43.3 Å². The molecule has 0 aliphatic rings. The monoisotopic (exact) mass is 431 g/mol. The van der Waals surface area contributed by atoms with Crippen molar-refractivity contribution in [1.29, 1.82) is 0 Å². The Morgan fingerprint density at radius 3 is 2.50 bits per heavy atom. The summed E-state index contributed by atoms with van der Waals surface area (Å²) in [5, 5.41) is 5.04. The number of fused-ring (bicyclic) bond motifs is 1. The van der Waals surface area contributed by atoms with Crippen LogP contribution in [0.2, 0.25) is 0 Å². The van der Waals surface area contributed by atoms with E-state index >= 15 is 0 Å². The highest BCUT2D eigenvalue weighted by molar-refractivity contribution is 14.1. The van der Waals surface area contributed by atoms with Crippen LogP contribution in [0, 0.1) is 3.57 Å². The zero-order valence-corrected chi connectivity index (χ0v) is 15.5. The number of carbonyl (C=O) groups is 1. The van der Waals surface area contributed by atoms with Gasteiger partial charge in [0.1, 0.15) is 5.75 Å². The summed E-state index contributed by atoms with van der Waals surface area (Å²) in [6.45, 7) is 1.95. The molecular formula is C20H18INO2. The lowest BCUT2D eigenvalue weighted by Crippen LogP contribution is -2.32. The van der Waals surface area contributed by atoms with Gasteiger partial charge in [-0.3, -0.25) is 4.79 Å². The van der Waals surface area contributed by atoms with Gasteiger partial charge in [-0.05, 0) is 64.7 Å². The van der Waals surface area contributed by atoms with Crippen molar-refractivity contribution in [3.8, 4) is 5.75 Å². The Bertz CT molecular complexity index is 840. The number of amides is 1. The lowest BCUT2D eigenvalue weighted by atomic mass is 10.1. The van der Waals surface area contributed by atoms with Gasteiger partial charge >= 0.3 is 0 Å². The van der Waals surface area contributed by atoms with Gasteiger partial charge in [-0.2, -0.15) is 0 Å². The van der Waals surface area contributed by atoms with Crippen LogP contribution in [0.5, 0.6) is 5.75 Å². The smallest absolute Gasteiger partial charge is 0.265 e. The van der Waals surface area contributed by atoms with Crippen LogP contribution in [0.1, 0.15) is 13.3 Å². The van der Waals surface area contributed by atoms with Crippen molar-refractivity contribution in [2.45, 2.75) is 19.4 Å². The van der Waals surface area contributed by atoms with E-state index in [4.69, 9.17) is 4.74 Å². The Labute approximate surface area is 155 Å². The Balaban J connectivity index is 1.78. The number of ether oxygens (including phenoxy) is 1. The van der Waals surface area contributed by atoms with Gasteiger partial charge in [-0.25, -0.2) is 0 Å². The molecular weight excluding hydrogens is 413 g/mol. The molecule has 0 aliphatic carbocycles. The average molecular weight is 431 g/mol. The van der Waals surface area contributed by atoms with E-state index in [0.717, 1.165) is 25.8 Å². The molecule has 0 radical (unpaired) electrons. The van der Waals surface area contributed by atoms with Crippen LogP contribution in [0.3, 0.4) is 0 Å². The van der Waals surface area contributed by atoms with Crippen LogP contribution in [0.15, 0.2) is 66.7 Å². The summed E-state index contributed by atoms with van der Waals surface area (Å²) in [5.74, 6) is 0.601. The highest BCUT2D eigenvalue weighted by Crippen LogP contribution is 2.26. The van der Waals surface area contributed by atoms with Crippen LogP contribution >= 0.6 is 22.6 Å². The van der Waals surface area contributed by atoms with E-state index in [1.54, 1.807) is 0 Å². The van der Waals surface area contributed by atoms with Gasteiger partial charge in [0.25, 0.3) is 5.91 Å². The molecule has 1 atom stereocenters. The molecule has 0 saturated carbocycles. The fourth-order valence-corrected chi connectivity index (χ4v) is 2.89. The van der Waals surface area contributed by atoms with E-state index in [-0.39, 0.29) is 5.91 Å². The summed E-state index contributed by atoms with van der Waals surface area (Å²) < 4.78 is 7.15. The summed E-state index contributed by atoms with van der Waals surface area (Å²) in [6, 6.07) is 21.6. The SMILES string of the molecule is CCC(Oc1cccc2ccccc12)C(=O)Nc1ccc(I)cc1. The van der Waals surface area contributed by atoms with Gasteiger partial charge in [0.2, 0.25) is 0 Å². The van der Waals surface area contributed by atoms with Crippen LogP contribution in [0.25, 0.3) is 10.8 Å². The molecule has 4 heteroatoms. The molecule has 122 valence electrons. The summed E-state index contributed by atoms with van der Waals surface area (Å²) in [5.41, 5.74) is 0.778. The molecule has 1 unspecified atom stereocenters. The topological polar surface area (TPSA) is 38.3 Å². The number of halogens is 1. The predicted octanol–water partition coefficient (Wildman–Crippen LogP) is 5.24. The largest absolute Gasteiger partial charge is 0.480 e. The van der Waals surface area contributed by atoms with Crippen LogP contribution < -0.4 is 10.1 Å². The summed E-state index contributed by atoms with van der Waals surface area (Å²) in [6.07, 6.45) is 0.0643. The number of rotatable bonds is 5. The number of hydrogen-bond acceptors (Lipinski definition) is 2. The van der Waals surface area contributed by atoms with Crippen LogP contribution in [-0.2, 0) is 4.79 Å². The first-order valence-electron chi connectivity index (χ1n) is 7.88. The Morgan fingerprint density at radius 2 is 1.75 bits per heavy atom. The van der Waals surface area contributed by atoms with E-state index in [1.807, 2.05) is 73.7 Å². The minimum atomic E-state index is -0.532. The van der Waals surface area contributed by atoms with Crippen LogP contribution in [0.4, 0.5) is 5.69 Å². The molecule has 0 fully saturated rings. The third-order valence-corrected chi connectivity index (χ3v) is 4.51. The van der Waals surface area contributed by atoms with E-state index in [2.05, 4.69) is 27.9 Å². The highest BCUT2D eigenvalue weighted by Gasteiger charge is 2.19. The molecule has 0 bridgehead atoms. The lowest BCUT2D eigenvalue weighted by molar-refractivity contribution is -0.122. The van der Waals surface area contributed by atoms with Gasteiger partial charge < -0.3 is 10.1 Å². The number of carbonyl (C=O) groups excluding carboxylic acids is 1. The first kappa shape index (κ1) is 16.8. The molecule has 0 saturated heterocycles. The molecule has 1 N–H and O–H groups in total. The second-order valence-electron chi connectivity index (χ2n) is 5.49. The fraction of sp³-hybridized carbons (Fsp3) is 0.150. The molecule has 0 aliphatic heterocycles. The van der Waals surface area contributed by atoms with Crippen molar-refractivity contribution in [2.24, 2.45) is 0 Å². The maximum absolute atomic E-state index is 12.5. The van der Waals surface area contributed by atoms with E-state index in [9.17, 15) is 4.79 Å². The zero-order valence-electron chi connectivity index (χ0n) is 13.3. The van der Waals surface area contributed by atoms with Gasteiger partial charge in [-0.15, -0.1) is 0 Å². The van der Waals surface area contributed by atoms with Crippen molar-refractivity contribution in [3.63, 3.8) is 0 Å². The molecule has 3 aromatic rings. The van der Waals surface area contributed by atoms with Gasteiger partial charge in [0.15, 0.2) is 6.10 Å². The quantitative estimate of drug-likeness (QED) is 0.562. The van der Waals surface area contributed by atoms with Crippen molar-refractivity contribution < 1.29 is 9.53 Å². The molecule has 3 rings (SSSR count). The van der Waals surface area contributed by atoms with Crippen molar-refractivity contribution in [2.75, 3.05) is 5.32 Å².